The van der Waals surface area contributed by atoms with Crippen LogP contribution in [-0.4, -0.2) is 38.9 Å². The molecular weight excluding hydrogens is 451 g/mol. The molecule has 0 spiro atoms. The number of hydrogen-bond acceptors (Lipinski definition) is 5. The molecule has 10 heteroatoms. The van der Waals surface area contributed by atoms with Gasteiger partial charge in [-0.15, -0.1) is 0 Å². The molecule has 3 aromatic carbocycles. The van der Waals surface area contributed by atoms with Crippen LogP contribution >= 0.6 is 0 Å². The zero-order valence-corrected chi connectivity index (χ0v) is 18.8. The van der Waals surface area contributed by atoms with Crippen molar-refractivity contribution in [2.45, 2.75) is 6.42 Å². The number of nitrogens with two attached hydrogens (primary N) is 1. The van der Waals surface area contributed by atoms with E-state index in [2.05, 4.69) is 10.3 Å². The van der Waals surface area contributed by atoms with Crippen LogP contribution in [0, 0.1) is 11.2 Å². The predicted octanol–water partition coefficient (Wildman–Crippen LogP) is 3.86. The lowest BCUT2D eigenvalue weighted by Crippen LogP contribution is -2.33. The summed E-state index contributed by atoms with van der Waals surface area (Å²) >= 11 is 0. The van der Waals surface area contributed by atoms with E-state index in [4.69, 9.17) is 16.2 Å². The van der Waals surface area contributed by atoms with Gasteiger partial charge in [-0.25, -0.2) is 9.37 Å². The Hall–Kier alpha value is -4.73. The molecule has 5 N–H and O–H groups in total. The van der Waals surface area contributed by atoms with Gasteiger partial charge in [0.2, 0.25) is 5.95 Å². The van der Waals surface area contributed by atoms with E-state index in [1.807, 2.05) is 11.6 Å². The summed E-state index contributed by atoms with van der Waals surface area (Å²) in [5, 5.41) is 19.8. The van der Waals surface area contributed by atoms with Crippen molar-refractivity contribution < 1.29 is 19.1 Å². The van der Waals surface area contributed by atoms with Gasteiger partial charge in [-0.3, -0.25) is 15.0 Å². The third kappa shape index (κ3) is 5.11. The molecule has 0 saturated heterocycles. The van der Waals surface area contributed by atoms with Crippen LogP contribution in [0.25, 0.3) is 11.0 Å². The first kappa shape index (κ1) is 23.4. The second-order valence-corrected chi connectivity index (χ2v) is 7.89. The fraction of sp³-hybridized carbons (Fsp3) is 0.120. The van der Waals surface area contributed by atoms with Crippen LogP contribution < -0.4 is 16.0 Å². The molecule has 178 valence electrons. The van der Waals surface area contributed by atoms with Crippen molar-refractivity contribution in [2.24, 2.45) is 12.8 Å². The number of rotatable bonds is 8. The highest BCUT2D eigenvalue weighted by molar-refractivity contribution is 6.08. The molecule has 1 amide bonds. The number of benzene rings is 3. The first-order valence-corrected chi connectivity index (χ1v) is 10.7. The van der Waals surface area contributed by atoms with Crippen LogP contribution in [0.2, 0.25) is 0 Å². The number of carbonyl (C=O) groups excluding carboxylic acids is 1. The van der Waals surface area contributed by atoms with E-state index >= 15 is 0 Å². The number of imidazole rings is 1. The second-order valence-electron chi connectivity index (χ2n) is 7.89. The average Bonchev–Trinajstić information content (AvgIpc) is 3.14. The highest BCUT2D eigenvalue weighted by Crippen LogP contribution is 2.25. The summed E-state index contributed by atoms with van der Waals surface area (Å²) in [5.41, 5.74) is 8.93. The Balaban J connectivity index is 1.63. The third-order valence-corrected chi connectivity index (χ3v) is 5.51. The summed E-state index contributed by atoms with van der Waals surface area (Å²) in [6.45, 7) is -0.0664. The maximum atomic E-state index is 13.4. The number of nitrogens with zero attached hydrogens (tertiary/aromatic N) is 3. The number of carboxylic acid groups (broad SMARTS) is 1. The zero-order chi connectivity index (χ0) is 25.1. The van der Waals surface area contributed by atoms with Crippen molar-refractivity contribution in [1.82, 2.24) is 9.55 Å². The Morgan fingerprint density at radius 3 is 2.37 bits per heavy atom. The van der Waals surface area contributed by atoms with Gasteiger partial charge in [0.1, 0.15) is 11.7 Å². The second kappa shape index (κ2) is 9.64. The molecule has 0 unspecified atom stereocenters. The summed E-state index contributed by atoms with van der Waals surface area (Å²) in [7, 11) is 1.83. The van der Waals surface area contributed by atoms with Crippen molar-refractivity contribution in [3.8, 4) is 0 Å². The summed E-state index contributed by atoms with van der Waals surface area (Å²) in [4.78, 5) is 30.4. The molecular formula is C25H23FN6O3. The Bertz CT molecular complexity index is 1410. The van der Waals surface area contributed by atoms with Gasteiger partial charge in [0.25, 0.3) is 5.91 Å². The lowest BCUT2D eigenvalue weighted by atomic mass is 10.1. The minimum atomic E-state index is -1.04. The van der Waals surface area contributed by atoms with Crippen LogP contribution in [0.4, 0.5) is 21.7 Å². The van der Waals surface area contributed by atoms with Crippen LogP contribution in [0.15, 0.2) is 66.7 Å². The van der Waals surface area contributed by atoms with Gasteiger partial charge in [0.15, 0.2) is 0 Å². The van der Waals surface area contributed by atoms with E-state index in [0.29, 0.717) is 28.3 Å². The van der Waals surface area contributed by atoms with Gasteiger partial charge in [0.05, 0.1) is 17.5 Å². The van der Waals surface area contributed by atoms with Crippen LogP contribution in [-0.2, 0) is 11.8 Å². The molecule has 9 nitrogen and oxygen atoms in total. The number of amidine groups is 1. The highest BCUT2D eigenvalue weighted by atomic mass is 19.1. The van der Waals surface area contributed by atoms with Crippen LogP contribution in [0.3, 0.4) is 0 Å². The quantitative estimate of drug-likeness (QED) is 0.226. The van der Waals surface area contributed by atoms with Crippen molar-refractivity contribution >= 4 is 46.1 Å². The van der Waals surface area contributed by atoms with Crippen molar-refractivity contribution in [1.29, 1.82) is 5.41 Å². The maximum Gasteiger partial charge on any atom is 0.305 e. The SMILES string of the molecule is Cn1c(Nc2ccc(C(=N)N)cc2)nc2cc(C(=O)N(CCC(=O)O)c3ccc(F)cc3)ccc21. The minimum Gasteiger partial charge on any atom is -0.481 e. The highest BCUT2D eigenvalue weighted by Gasteiger charge is 2.20. The molecule has 1 heterocycles. The van der Waals surface area contributed by atoms with Gasteiger partial charge in [0, 0.05) is 36.1 Å². The lowest BCUT2D eigenvalue weighted by molar-refractivity contribution is -0.136. The molecule has 0 aliphatic carbocycles. The Kier molecular flexibility index (Phi) is 6.45. The van der Waals surface area contributed by atoms with Gasteiger partial charge in [-0.1, -0.05) is 0 Å². The number of aliphatic carboxylic acids is 1. The first-order chi connectivity index (χ1) is 16.7. The van der Waals surface area contributed by atoms with Crippen LogP contribution in [0.5, 0.6) is 0 Å². The van der Waals surface area contributed by atoms with Crippen molar-refractivity contribution in [3.05, 3.63) is 83.7 Å². The number of carboxylic acids is 1. The number of nitrogen functional groups attached to an aromatic ring is 1. The predicted molar refractivity (Wildman–Crippen MR) is 132 cm³/mol. The van der Waals surface area contributed by atoms with Gasteiger partial charge >= 0.3 is 5.97 Å². The van der Waals surface area contributed by atoms with E-state index in [0.717, 1.165) is 11.2 Å². The molecule has 0 atom stereocenters. The zero-order valence-electron chi connectivity index (χ0n) is 18.8. The molecule has 4 rings (SSSR count). The molecule has 1 aromatic heterocycles. The van der Waals surface area contributed by atoms with Gasteiger partial charge in [-0.05, 0) is 66.7 Å². The number of halogens is 1. The van der Waals surface area contributed by atoms with Gasteiger partial charge < -0.3 is 25.6 Å². The Labute approximate surface area is 200 Å². The molecule has 0 aliphatic rings. The summed E-state index contributed by atoms with van der Waals surface area (Å²) in [6.07, 6.45) is -0.258. The average molecular weight is 474 g/mol. The number of nitrogens with one attached hydrogen (secondary N) is 2. The normalized spacial score (nSPS) is 10.8. The topological polar surface area (TPSA) is 137 Å². The summed E-state index contributed by atoms with van der Waals surface area (Å²) < 4.78 is 15.2. The number of aryl methyl sites for hydroxylation is 1. The standard InChI is InChI=1S/C25H23FN6O3/c1-31-21-11-4-16(24(35)32(13-12-22(33)34)19-9-5-17(26)6-10-19)14-20(21)30-25(31)29-18-7-2-15(3-8-18)23(27)28/h2-11,14H,12-13H2,1H3,(H3,27,28)(H,29,30)(H,33,34). The molecule has 0 fully saturated rings. The number of amides is 1. The molecule has 0 saturated carbocycles. The number of carbonyl (C=O) groups is 2. The number of hydrogen-bond donors (Lipinski definition) is 4. The molecule has 0 aliphatic heterocycles. The number of fused-ring (bicyclic) bond motifs is 1. The number of anilines is 3. The van der Waals surface area contributed by atoms with Crippen LogP contribution in [0.1, 0.15) is 22.3 Å². The number of aromatic nitrogens is 2. The largest absolute Gasteiger partial charge is 0.481 e. The third-order valence-electron chi connectivity index (χ3n) is 5.51. The summed E-state index contributed by atoms with van der Waals surface area (Å²) in [5.74, 6) is -1.39. The molecule has 4 aromatic rings. The monoisotopic (exact) mass is 474 g/mol. The van der Waals surface area contributed by atoms with E-state index in [1.165, 1.54) is 29.2 Å². The summed E-state index contributed by atoms with van der Waals surface area (Å²) in [6, 6.07) is 17.4. The van der Waals surface area contributed by atoms with E-state index in [1.54, 1.807) is 42.5 Å². The van der Waals surface area contributed by atoms with Crippen molar-refractivity contribution in [3.63, 3.8) is 0 Å². The van der Waals surface area contributed by atoms with E-state index in [9.17, 15) is 14.0 Å². The molecule has 35 heavy (non-hydrogen) atoms. The van der Waals surface area contributed by atoms with Crippen molar-refractivity contribution in [2.75, 3.05) is 16.8 Å². The molecule has 0 radical (unpaired) electrons. The lowest BCUT2D eigenvalue weighted by Gasteiger charge is -2.22. The van der Waals surface area contributed by atoms with E-state index < -0.39 is 17.7 Å². The maximum absolute atomic E-state index is 13.4. The smallest absolute Gasteiger partial charge is 0.305 e. The first-order valence-electron chi connectivity index (χ1n) is 10.7. The fourth-order valence-corrected chi connectivity index (χ4v) is 3.64. The fourth-order valence-electron chi connectivity index (χ4n) is 3.64. The Morgan fingerprint density at radius 2 is 1.74 bits per heavy atom. The minimum absolute atomic E-state index is 0.0190. The molecule has 0 bridgehead atoms. The van der Waals surface area contributed by atoms with E-state index in [-0.39, 0.29) is 18.8 Å². The van der Waals surface area contributed by atoms with Gasteiger partial charge in [-0.2, -0.15) is 0 Å². The Morgan fingerprint density at radius 1 is 1.09 bits per heavy atom.